The fourth-order valence-electron chi connectivity index (χ4n) is 0.131. The second kappa shape index (κ2) is 2.70. The lowest BCUT2D eigenvalue weighted by molar-refractivity contribution is 0.560. The minimum atomic E-state index is -2.07. The summed E-state index contributed by atoms with van der Waals surface area (Å²) in [5.41, 5.74) is 0. The number of amidine groups is 1. The van der Waals surface area contributed by atoms with E-state index in [4.69, 9.17) is 9.96 Å². The molecule has 0 aliphatic carbocycles. The van der Waals surface area contributed by atoms with Gasteiger partial charge < -0.3 is 0 Å². The lowest BCUT2D eigenvalue weighted by Gasteiger charge is -1.91. The van der Waals surface area contributed by atoms with Crippen molar-refractivity contribution >= 4 is 17.1 Å². The molecule has 5 heteroatoms. The predicted molar refractivity (Wildman–Crippen MR) is 27.3 cm³/mol. The Morgan fingerprint density at radius 2 is 2.43 bits per heavy atom. The van der Waals surface area contributed by atoms with Crippen molar-refractivity contribution in [2.24, 2.45) is 0 Å². The summed E-state index contributed by atoms with van der Waals surface area (Å²) < 4.78 is 19.5. The molecule has 0 aliphatic rings. The first kappa shape index (κ1) is 6.58. The molecular weight excluding hydrogens is 116 g/mol. The van der Waals surface area contributed by atoms with E-state index in [1.807, 2.05) is 4.72 Å². The molecule has 42 valence electrons. The average molecular weight is 122 g/mol. The Morgan fingerprint density at radius 3 is 2.43 bits per heavy atom. The first-order chi connectivity index (χ1) is 3.13. The number of rotatable bonds is 1. The summed E-state index contributed by atoms with van der Waals surface area (Å²) in [7, 11) is 0. The summed E-state index contributed by atoms with van der Waals surface area (Å²) in [5.74, 6) is -0.0131. The lowest BCUT2D eigenvalue weighted by atomic mass is 10.8. The van der Waals surface area contributed by atoms with Gasteiger partial charge in [0.05, 0.1) is 0 Å². The third kappa shape index (κ3) is 5.58. The van der Waals surface area contributed by atoms with Gasteiger partial charge in [0.2, 0.25) is 0 Å². The summed E-state index contributed by atoms with van der Waals surface area (Å²) >= 11 is -2.07. The van der Waals surface area contributed by atoms with Crippen molar-refractivity contribution in [2.45, 2.75) is 6.92 Å². The van der Waals surface area contributed by atoms with E-state index in [1.165, 1.54) is 6.92 Å². The molecule has 0 radical (unpaired) electrons. The Hall–Kier alpha value is -0.420. The Balaban J connectivity index is 3.32. The molecule has 0 aliphatic heterocycles. The zero-order valence-electron chi connectivity index (χ0n) is 3.76. The highest BCUT2D eigenvalue weighted by Crippen LogP contribution is 1.62. The first-order valence-electron chi connectivity index (χ1n) is 1.55. The van der Waals surface area contributed by atoms with E-state index < -0.39 is 11.3 Å². The monoisotopic (exact) mass is 122 g/mol. The van der Waals surface area contributed by atoms with E-state index in [0.717, 1.165) is 0 Å². The van der Waals surface area contributed by atoms with Crippen molar-refractivity contribution in [3.63, 3.8) is 0 Å². The molecule has 1 unspecified atom stereocenters. The van der Waals surface area contributed by atoms with Gasteiger partial charge in [-0.3, -0.25) is 14.7 Å². The molecule has 0 aromatic carbocycles. The fraction of sp³-hybridized carbons (Fsp3) is 0.500. The van der Waals surface area contributed by atoms with E-state index in [0.29, 0.717) is 0 Å². The zero-order valence-corrected chi connectivity index (χ0v) is 4.58. The van der Waals surface area contributed by atoms with Gasteiger partial charge in [0.15, 0.2) is 0 Å². The van der Waals surface area contributed by atoms with Crippen molar-refractivity contribution in [1.82, 2.24) is 4.72 Å². The van der Waals surface area contributed by atoms with E-state index in [9.17, 15) is 4.21 Å². The minimum Gasteiger partial charge on any atom is -0.289 e. The van der Waals surface area contributed by atoms with Crippen LogP contribution in [0.1, 0.15) is 6.92 Å². The van der Waals surface area contributed by atoms with E-state index in [-0.39, 0.29) is 5.84 Å². The highest BCUT2D eigenvalue weighted by molar-refractivity contribution is 7.77. The van der Waals surface area contributed by atoms with Crippen molar-refractivity contribution in [3.8, 4) is 0 Å². The zero-order chi connectivity index (χ0) is 5.86. The van der Waals surface area contributed by atoms with Crippen LogP contribution >= 0.6 is 0 Å². The van der Waals surface area contributed by atoms with Crippen LogP contribution in [-0.2, 0) is 11.3 Å². The van der Waals surface area contributed by atoms with E-state index >= 15 is 0 Å². The quantitative estimate of drug-likeness (QED) is 0.254. The van der Waals surface area contributed by atoms with Crippen LogP contribution in [0.4, 0.5) is 0 Å². The molecule has 0 aromatic rings. The lowest BCUT2D eigenvalue weighted by Crippen LogP contribution is -2.20. The molecule has 0 saturated heterocycles. The predicted octanol–water partition coefficient (Wildman–Crippen LogP) is -0.290. The molecule has 7 heavy (non-hydrogen) atoms. The summed E-state index contributed by atoms with van der Waals surface area (Å²) in [6, 6.07) is 0. The smallest absolute Gasteiger partial charge is 0.260 e. The van der Waals surface area contributed by atoms with Gasteiger partial charge in [-0.15, -0.1) is 0 Å². The average Bonchev–Trinajstić information content (AvgIpc) is 1.27. The minimum absolute atomic E-state index is 0.0131. The second-order valence-corrected chi connectivity index (χ2v) is 1.68. The highest BCUT2D eigenvalue weighted by Gasteiger charge is 1.86. The van der Waals surface area contributed by atoms with E-state index in [1.54, 1.807) is 0 Å². The first-order valence-corrected chi connectivity index (χ1v) is 2.66. The van der Waals surface area contributed by atoms with Crippen LogP contribution in [0.2, 0.25) is 0 Å². The maximum Gasteiger partial charge on any atom is 0.260 e. The van der Waals surface area contributed by atoms with Crippen LogP contribution in [0.25, 0.3) is 0 Å². The molecule has 0 amide bonds. The molecule has 0 saturated carbocycles. The summed E-state index contributed by atoms with van der Waals surface area (Å²) in [4.78, 5) is 0. The fourth-order valence-corrected chi connectivity index (χ4v) is 0.393. The molecule has 4 nitrogen and oxygen atoms in total. The second-order valence-electron chi connectivity index (χ2n) is 0.976. The van der Waals surface area contributed by atoms with Crippen molar-refractivity contribution in [1.29, 1.82) is 5.41 Å². The molecule has 0 bridgehead atoms. The molecule has 0 rings (SSSR count). The van der Waals surface area contributed by atoms with Gasteiger partial charge in [-0.2, -0.15) is 0 Å². The maximum absolute atomic E-state index is 9.67. The van der Waals surface area contributed by atoms with Crippen molar-refractivity contribution < 1.29 is 8.76 Å². The Bertz CT molecular complexity index is 89.9. The van der Waals surface area contributed by atoms with Gasteiger partial charge in [0.1, 0.15) is 5.84 Å². The molecule has 3 N–H and O–H groups in total. The molecule has 0 spiro atoms. The van der Waals surface area contributed by atoms with E-state index in [2.05, 4.69) is 0 Å². The van der Waals surface area contributed by atoms with Crippen LogP contribution in [-0.4, -0.2) is 14.6 Å². The van der Waals surface area contributed by atoms with Gasteiger partial charge in [-0.25, -0.2) is 4.21 Å². The SMILES string of the molecule is CC(=N)NS(=O)O. The summed E-state index contributed by atoms with van der Waals surface area (Å²) in [5, 5.41) is 6.56. The van der Waals surface area contributed by atoms with Gasteiger partial charge in [0, 0.05) is 0 Å². The molecule has 1 atom stereocenters. The van der Waals surface area contributed by atoms with Crippen LogP contribution in [0.3, 0.4) is 0 Å². The third-order valence-electron chi connectivity index (χ3n) is 0.240. The van der Waals surface area contributed by atoms with Crippen LogP contribution in [0.5, 0.6) is 0 Å². The van der Waals surface area contributed by atoms with Crippen LogP contribution < -0.4 is 4.72 Å². The number of nitrogens with one attached hydrogen (secondary N) is 2. The summed E-state index contributed by atoms with van der Waals surface area (Å²) in [6.45, 7) is 1.38. The molecule has 0 aromatic heterocycles. The number of hydrogen-bond acceptors (Lipinski definition) is 2. The van der Waals surface area contributed by atoms with Gasteiger partial charge in [0.25, 0.3) is 11.3 Å². The van der Waals surface area contributed by atoms with Crippen molar-refractivity contribution in [3.05, 3.63) is 0 Å². The highest BCUT2D eigenvalue weighted by atomic mass is 32.2. The standard InChI is InChI=1S/C2H6N2O2S/c1-2(3)4-7(5)6/h1H3,(H2,3,4)(H,5,6). The van der Waals surface area contributed by atoms with Crippen LogP contribution in [0.15, 0.2) is 0 Å². The molecular formula is C2H6N2O2S. The normalized spacial score (nSPS) is 12.9. The number of hydrogen-bond donors (Lipinski definition) is 3. The van der Waals surface area contributed by atoms with Gasteiger partial charge >= 0.3 is 0 Å². The third-order valence-corrected chi connectivity index (χ3v) is 0.721. The molecule has 0 fully saturated rings. The summed E-state index contributed by atoms with van der Waals surface area (Å²) in [6.07, 6.45) is 0. The Kier molecular flexibility index (Phi) is 2.54. The molecule has 0 heterocycles. The topological polar surface area (TPSA) is 73.2 Å². The largest absolute Gasteiger partial charge is 0.289 e. The van der Waals surface area contributed by atoms with Gasteiger partial charge in [-0.05, 0) is 6.92 Å². The van der Waals surface area contributed by atoms with Gasteiger partial charge in [-0.1, -0.05) is 0 Å². The Labute approximate surface area is 43.9 Å². The van der Waals surface area contributed by atoms with Crippen LogP contribution in [0, 0.1) is 5.41 Å². The Morgan fingerprint density at radius 1 is 2.00 bits per heavy atom. The van der Waals surface area contributed by atoms with Crippen molar-refractivity contribution in [2.75, 3.05) is 0 Å². The maximum atomic E-state index is 9.67.